The fraction of sp³-hybridized carbons (Fsp3) is 0.211. The standard InChI is InChI=1S/C19H17N3O3/c1-25-17-9-6-12(10-20-17)21-18(23)16-11-22(13-7-8-13)19(24)15-5-3-2-4-14(15)16/h2-6,9-11,13H,7-8H2,1H3,(H,21,23). The first-order chi connectivity index (χ1) is 12.2. The lowest BCUT2D eigenvalue weighted by Crippen LogP contribution is -2.23. The molecule has 0 bridgehead atoms. The predicted molar refractivity (Wildman–Crippen MR) is 95.2 cm³/mol. The van der Waals surface area contributed by atoms with Gasteiger partial charge in [-0.25, -0.2) is 4.98 Å². The molecule has 1 N–H and O–H groups in total. The quantitative estimate of drug-likeness (QED) is 0.795. The highest BCUT2D eigenvalue weighted by molar-refractivity contribution is 6.12. The number of carbonyl (C=O) groups excluding carboxylic acids is 1. The van der Waals surface area contributed by atoms with Crippen molar-refractivity contribution in [2.75, 3.05) is 12.4 Å². The summed E-state index contributed by atoms with van der Waals surface area (Å²) < 4.78 is 6.70. The van der Waals surface area contributed by atoms with E-state index >= 15 is 0 Å². The highest BCUT2D eigenvalue weighted by atomic mass is 16.5. The number of hydrogen-bond acceptors (Lipinski definition) is 4. The molecule has 0 aliphatic heterocycles. The molecule has 0 spiro atoms. The number of hydrogen-bond donors (Lipinski definition) is 1. The monoisotopic (exact) mass is 335 g/mol. The van der Waals surface area contributed by atoms with Crippen molar-refractivity contribution in [1.29, 1.82) is 0 Å². The number of anilines is 1. The molecular formula is C19H17N3O3. The minimum Gasteiger partial charge on any atom is -0.481 e. The molecule has 25 heavy (non-hydrogen) atoms. The summed E-state index contributed by atoms with van der Waals surface area (Å²) in [6, 6.07) is 10.8. The number of rotatable bonds is 4. The molecule has 4 rings (SSSR count). The van der Waals surface area contributed by atoms with Crippen molar-refractivity contribution in [3.8, 4) is 5.88 Å². The van der Waals surface area contributed by atoms with Gasteiger partial charge in [0, 0.05) is 29.1 Å². The minimum absolute atomic E-state index is 0.0410. The second kappa shape index (κ2) is 6.05. The third kappa shape index (κ3) is 2.87. The topological polar surface area (TPSA) is 73.2 Å². The van der Waals surface area contributed by atoms with E-state index in [9.17, 15) is 9.59 Å². The lowest BCUT2D eigenvalue weighted by molar-refractivity contribution is 0.102. The van der Waals surface area contributed by atoms with Gasteiger partial charge in [-0.2, -0.15) is 0 Å². The lowest BCUT2D eigenvalue weighted by atomic mass is 10.1. The molecular weight excluding hydrogens is 318 g/mol. The van der Waals surface area contributed by atoms with Gasteiger partial charge >= 0.3 is 0 Å². The van der Waals surface area contributed by atoms with Gasteiger partial charge in [0.1, 0.15) is 0 Å². The largest absolute Gasteiger partial charge is 0.481 e. The van der Waals surface area contributed by atoms with E-state index < -0.39 is 0 Å². The van der Waals surface area contributed by atoms with Crippen LogP contribution in [0.4, 0.5) is 5.69 Å². The van der Waals surface area contributed by atoms with Crippen molar-refractivity contribution in [3.05, 3.63) is 64.7 Å². The van der Waals surface area contributed by atoms with Gasteiger partial charge in [0.2, 0.25) is 5.88 Å². The van der Waals surface area contributed by atoms with Crippen LogP contribution < -0.4 is 15.6 Å². The summed E-state index contributed by atoms with van der Waals surface area (Å²) in [5.41, 5.74) is 1.01. The van der Waals surface area contributed by atoms with Gasteiger partial charge in [0.05, 0.1) is 24.6 Å². The third-order valence-electron chi connectivity index (χ3n) is 4.34. The molecule has 0 unspecified atom stereocenters. The summed E-state index contributed by atoms with van der Waals surface area (Å²) in [5, 5.41) is 4.06. The molecule has 1 saturated carbocycles. The van der Waals surface area contributed by atoms with E-state index in [1.54, 1.807) is 35.0 Å². The first-order valence-electron chi connectivity index (χ1n) is 8.12. The van der Waals surface area contributed by atoms with Crippen LogP contribution in [0.3, 0.4) is 0 Å². The Kier molecular flexibility index (Phi) is 3.72. The summed E-state index contributed by atoms with van der Waals surface area (Å²) in [6.45, 7) is 0. The normalized spacial score (nSPS) is 13.6. The second-order valence-electron chi connectivity index (χ2n) is 6.08. The number of methoxy groups -OCH3 is 1. The van der Waals surface area contributed by atoms with Crippen LogP contribution in [0.5, 0.6) is 5.88 Å². The number of ether oxygens (including phenoxy) is 1. The van der Waals surface area contributed by atoms with E-state index in [0.29, 0.717) is 27.9 Å². The summed E-state index contributed by atoms with van der Waals surface area (Å²) in [4.78, 5) is 29.5. The van der Waals surface area contributed by atoms with Gasteiger partial charge in [-0.05, 0) is 25.0 Å². The Labute approximate surface area is 144 Å². The van der Waals surface area contributed by atoms with Crippen LogP contribution in [0.15, 0.2) is 53.6 Å². The fourth-order valence-corrected chi connectivity index (χ4v) is 2.89. The first-order valence-corrected chi connectivity index (χ1v) is 8.12. The molecule has 0 atom stereocenters. The van der Waals surface area contributed by atoms with Crippen LogP contribution in [0.1, 0.15) is 29.2 Å². The average Bonchev–Trinajstić information content (AvgIpc) is 3.48. The fourth-order valence-electron chi connectivity index (χ4n) is 2.89. The van der Waals surface area contributed by atoms with E-state index in [-0.39, 0.29) is 17.5 Å². The van der Waals surface area contributed by atoms with Gasteiger partial charge in [-0.15, -0.1) is 0 Å². The van der Waals surface area contributed by atoms with Crippen molar-refractivity contribution in [2.24, 2.45) is 0 Å². The highest BCUT2D eigenvalue weighted by Gasteiger charge is 2.26. The van der Waals surface area contributed by atoms with Gasteiger partial charge in [-0.1, -0.05) is 18.2 Å². The maximum Gasteiger partial charge on any atom is 0.258 e. The van der Waals surface area contributed by atoms with Crippen LogP contribution >= 0.6 is 0 Å². The summed E-state index contributed by atoms with van der Waals surface area (Å²) in [7, 11) is 1.54. The zero-order chi connectivity index (χ0) is 17.4. The molecule has 0 saturated heterocycles. The van der Waals surface area contributed by atoms with Gasteiger partial charge < -0.3 is 14.6 Å². The molecule has 6 heteroatoms. The molecule has 0 radical (unpaired) electrons. The number of nitrogens with one attached hydrogen (secondary N) is 1. The van der Waals surface area contributed by atoms with Crippen LogP contribution in [-0.2, 0) is 0 Å². The number of aromatic nitrogens is 2. The number of carbonyl (C=O) groups is 1. The van der Waals surface area contributed by atoms with Crippen LogP contribution in [-0.4, -0.2) is 22.6 Å². The van der Waals surface area contributed by atoms with Gasteiger partial charge in [0.15, 0.2) is 0 Å². The Morgan fingerprint density at radius 2 is 1.96 bits per heavy atom. The van der Waals surface area contributed by atoms with E-state index in [4.69, 9.17) is 4.74 Å². The predicted octanol–water partition coefficient (Wildman–Crippen LogP) is 2.99. The summed E-state index contributed by atoms with van der Waals surface area (Å²) in [6.07, 6.45) is 5.16. The number of benzene rings is 1. The summed E-state index contributed by atoms with van der Waals surface area (Å²) >= 11 is 0. The lowest BCUT2D eigenvalue weighted by Gasteiger charge is -2.12. The number of nitrogens with zero attached hydrogens (tertiary/aromatic N) is 2. The molecule has 2 aromatic heterocycles. The van der Waals surface area contributed by atoms with Crippen LogP contribution in [0.25, 0.3) is 10.8 Å². The van der Waals surface area contributed by atoms with E-state index in [1.165, 1.54) is 13.3 Å². The van der Waals surface area contributed by atoms with E-state index in [1.807, 2.05) is 12.1 Å². The zero-order valence-electron chi connectivity index (χ0n) is 13.7. The van der Waals surface area contributed by atoms with Crippen LogP contribution in [0.2, 0.25) is 0 Å². The molecule has 1 fully saturated rings. The Balaban J connectivity index is 1.75. The first kappa shape index (κ1) is 15.4. The SMILES string of the molecule is COc1ccc(NC(=O)c2cn(C3CC3)c(=O)c3ccccc23)cn1. The van der Waals surface area contributed by atoms with Crippen molar-refractivity contribution in [1.82, 2.24) is 9.55 Å². The van der Waals surface area contributed by atoms with Crippen molar-refractivity contribution >= 4 is 22.4 Å². The van der Waals surface area contributed by atoms with Crippen LogP contribution in [0, 0.1) is 0 Å². The van der Waals surface area contributed by atoms with Gasteiger partial charge in [-0.3, -0.25) is 9.59 Å². The maximum atomic E-state index is 12.8. The number of pyridine rings is 2. The van der Waals surface area contributed by atoms with Crippen molar-refractivity contribution in [3.63, 3.8) is 0 Å². The van der Waals surface area contributed by atoms with E-state index in [0.717, 1.165) is 12.8 Å². The zero-order valence-corrected chi connectivity index (χ0v) is 13.7. The van der Waals surface area contributed by atoms with Crippen molar-refractivity contribution in [2.45, 2.75) is 18.9 Å². The Hall–Kier alpha value is -3.15. The second-order valence-corrected chi connectivity index (χ2v) is 6.08. The highest BCUT2D eigenvalue weighted by Crippen LogP contribution is 2.34. The average molecular weight is 335 g/mol. The van der Waals surface area contributed by atoms with E-state index in [2.05, 4.69) is 10.3 Å². The molecule has 3 aromatic rings. The Morgan fingerprint density at radius 1 is 1.20 bits per heavy atom. The van der Waals surface area contributed by atoms with Crippen molar-refractivity contribution < 1.29 is 9.53 Å². The molecule has 6 nitrogen and oxygen atoms in total. The molecule has 1 amide bonds. The number of amides is 1. The number of fused-ring (bicyclic) bond motifs is 1. The van der Waals surface area contributed by atoms with Gasteiger partial charge in [0.25, 0.3) is 11.5 Å². The molecule has 2 heterocycles. The molecule has 1 aromatic carbocycles. The Morgan fingerprint density at radius 3 is 2.60 bits per heavy atom. The molecule has 1 aliphatic carbocycles. The minimum atomic E-state index is -0.266. The smallest absolute Gasteiger partial charge is 0.258 e. The maximum absolute atomic E-state index is 12.8. The third-order valence-corrected chi connectivity index (χ3v) is 4.34. The molecule has 126 valence electrons. The summed E-state index contributed by atoms with van der Waals surface area (Å²) in [5.74, 6) is 0.211. The molecule has 1 aliphatic rings. The Bertz CT molecular complexity index is 1000.